The van der Waals surface area contributed by atoms with Gasteiger partial charge in [0.15, 0.2) is 0 Å². The lowest BCUT2D eigenvalue weighted by Crippen LogP contribution is -2.31. The molecule has 7 heteroatoms. The van der Waals surface area contributed by atoms with Crippen molar-refractivity contribution in [2.75, 3.05) is 32.5 Å². The molecule has 1 aromatic heterocycles. The Morgan fingerprint density at radius 3 is 2.87 bits per heavy atom. The Hall–Kier alpha value is -1.62. The fourth-order valence-corrected chi connectivity index (χ4v) is 3.58. The second-order valence-electron chi connectivity index (χ2n) is 6.58. The first-order chi connectivity index (χ1) is 10.8. The Labute approximate surface area is 141 Å². The van der Waals surface area contributed by atoms with Gasteiger partial charge < -0.3 is 15.0 Å². The molecule has 1 aliphatic heterocycles. The number of nitriles is 1. The van der Waals surface area contributed by atoms with Crippen LogP contribution < -0.4 is 10.6 Å². The average Bonchev–Trinajstić information content (AvgIpc) is 2.78. The summed E-state index contributed by atoms with van der Waals surface area (Å²) in [5.74, 6) is 0. The smallest absolute Gasteiger partial charge is 0.319 e. The number of ether oxygens (including phenoxy) is 1. The number of rotatable bonds is 5. The molecule has 0 aliphatic carbocycles. The number of hydrogen-bond acceptors (Lipinski definition) is 5. The van der Waals surface area contributed by atoms with Gasteiger partial charge in [-0.3, -0.25) is 5.32 Å². The summed E-state index contributed by atoms with van der Waals surface area (Å²) in [6.07, 6.45) is 1.57. The number of carbonyl (C=O) groups excluding carboxylic acids is 1. The molecule has 2 rings (SSSR count). The summed E-state index contributed by atoms with van der Waals surface area (Å²) in [6.45, 7) is 6.04. The summed E-state index contributed by atoms with van der Waals surface area (Å²) in [7, 11) is 4.00. The van der Waals surface area contributed by atoms with Crippen LogP contribution in [0.4, 0.5) is 9.80 Å². The van der Waals surface area contributed by atoms with E-state index in [0.29, 0.717) is 30.1 Å². The van der Waals surface area contributed by atoms with Gasteiger partial charge in [0.05, 0.1) is 17.8 Å². The van der Waals surface area contributed by atoms with Gasteiger partial charge in [-0.25, -0.2) is 4.79 Å². The van der Waals surface area contributed by atoms with E-state index in [2.05, 4.69) is 21.6 Å². The van der Waals surface area contributed by atoms with Gasteiger partial charge in [0.25, 0.3) is 0 Å². The number of nitrogens with one attached hydrogen (secondary N) is 2. The zero-order chi connectivity index (χ0) is 17.0. The van der Waals surface area contributed by atoms with Gasteiger partial charge in [-0.1, -0.05) is 0 Å². The van der Waals surface area contributed by atoms with Gasteiger partial charge in [0, 0.05) is 17.8 Å². The van der Waals surface area contributed by atoms with Crippen molar-refractivity contribution < 1.29 is 9.53 Å². The largest absolute Gasteiger partial charge is 0.370 e. The Kier molecular flexibility index (Phi) is 5.63. The Balaban J connectivity index is 2.00. The highest BCUT2D eigenvalue weighted by molar-refractivity contribution is 7.16. The Bertz CT molecular complexity index is 616. The van der Waals surface area contributed by atoms with E-state index in [4.69, 9.17) is 4.74 Å². The van der Waals surface area contributed by atoms with E-state index in [9.17, 15) is 10.1 Å². The maximum Gasteiger partial charge on any atom is 0.319 e. The minimum absolute atomic E-state index is 0.265. The van der Waals surface area contributed by atoms with E-state index in [1.165, 1.54) is 11.3 Å². The van der Waals surface area contributed by atoms with E-state index in [1.807, 2.05) is 27.9 Å². The first-order valence-electron chi connectivity index (χ1n) is 7.70. The zero-order valence-corrected chi connectivity index (χ0v) is 15.0. The molecule has 2 amide bonds. The maximum absolute atomic E-state index is 12.0. The Morgan fingerprint density at radius 2 is 2.22 bits per heavy atom. The predicted octanol–water partition coefficient (Wildman–Crippen LogP) is 2.54. The fourth-order valence-electron chi connectivity index (χ4n) is 2.50. The topological polar surface area (TPSA) is 77.4 Å². The molecule has 0 aromatic carbocycles. The van der Waals surface area contributed by atoms with Crippen LogP contribution >= 0.6 is 11.3 Å². The van der Waals surface area contributed by atoms with Gasteiger partial charge in [-0.05, 0) is 46.5 Å². The molecule has 2 heterocycles. The monoisotopic (exact) mass is 336 g/mol. The van der Waals surface area contributed by atoms with Crippen molar-refractivity contribution in [2.45, 2.75) is 38.9 Å². The number of anilines is 1. The van der Waals surface area contributed by atoms with Crippen molar-refractivity contribution in [3.05, 3.63) is 16.0 Å². The molecule has 0 spiro atoms. The molecule has 0 saturated carbocycles. The summed E-state index contributed by atoms with van der Waals surface area (Å²) in [4.78, 5) is 15.1. The minimum atomic E-state index is -0.272. The number of hydrogen-bond donors (Lipinski definition) is 2. The summed E-state index contributed by atoms with van der Waals surface area (Å²) in [5, 5.41) is 15.7. The molecule has 0 atom stereocenters. The van der Waals surface area contributed by atoms with E-state index in [0.717, 1.165) is 23.4 Å². The number of nitrogens with zero attached hydrogens (tertiary/aromatic N) is 2. The molecule has 0 unspecified atom stereocenters. The fraction of sp³-hybridized carbons (Fsp3) is 0.625. The molecule has 23 heavy (non-hydrogen) atoms. The molecule has 0 fully saturated rings. The molecule has 0 radical (unpaired) electrons. The molecular weight excluding hydrogens is 312 g/mol. The van der Waals surface area contributed by atoms with Crippen LogP contribution in [-0.4, -0.2) is 43.7 Å². The van der Waals surface area contributed by atoms with Crippen LogP contribution in [0.5, 0.6) is 0 Å². The molecule has 2 N–H and O–H groups in total. The highest BCUT2D eigenvalue weighted by atomic mass is 32.1. The van der Waals surface area contributed by atoms with Crippen molar-refractivity contribution in [3.63, 3.8) is 0 Å². The van der Waals surface area contributed by atoms with Crippen LogP contribution in [0.3, 0.4) is 0 Å². The van der Waals surface area contributed by atoms with Crippen molar-refractivity contribution in [1.29, 1.82) is 5.26 Å². The van der Waals surface area contributed by atoms with Gasteiger partial charge in [0.1, 0.15) is 11.1 Å². The number of carbonyl (C=O) groups is 1. The zero-order valence-electron chi connectivity index (χ0n) is 14.2. The first kappa shape index (κ1) is 17.7. The van der Waals surface area contributed by atoms with Gasteiger partial charge in [0.2, 0.25) is 0 Å². The van der Waals surface area contributed by atoms with E-state index in [1.54, 1.807) is 0 Å². The second kappa shape index (κ2) is 7.30. The van der Waals surface area contributed by atoms with Crippen LogP contribution in [0, 0.1) is 11.3 Å². The predicted molar refractivity (Wildman–Crippen MR) is 91.8 cm³/mol. The third-order valence-electron chi connectivity index (χ3n) is 3.69. The van der Waals surface area contributed by atoms with Crippen molar-refractivity contribution in [3.8, 4) is 6.07 Å². The minimum Gasteiger partial charge on any atom is -0.370 e. The third kappa shape index (κ3) is 4.67. The lowest BCUT2D eigenvalue weighted by molar-refractivity contribution is -0.0383. The summed E-state index contributed by atoms with van der Waals surface area (Å²) < 4.78 is 5.78. The van der Waals surface area contributed by atoms with E-state index >= 15 is 0 Å². The standard InChI is InChI=1S/C16H24N4O2S/c1-16(2)8-11-12(9-17)14(23-13(11)10-22-16)19-15(21)18-6-5-7-20(3)4/h5-8,10H2,1-4H3,(H2,18,19,21). The first-order valence-corrected chi connectivity index (χ1v) is 8.52. The van der Waals surface area contributed by atoms with Crippen LogP contribution in [0.25, 0.3) is 0 Å². The molecular formula is C16H24N4O2S. The summed E-state index contributed by atoms with van der Waals surface area (Å²) in [6, 6.07) is 1.97. The second-order valence-corrected chi connectivity index (χ2v) is 7.69. The van der Waals surface area contributed by atoms with Gasteiger partial charge in [-0.2, -0.15) is 5.26 Å². The maximum atomic E-state index is 12.0. The molecule has 1 aliphatic rings. The SMILES string of the molecule is CN(C)CCCNC(=O)Nc1sc2c(c1C#N)CC(C)(C)OC2. The normalized spacial score (nSPS) is 15.8. The summed E-state index contributed by atoms with van der Waals surface area (Å²) >= 11 is 1.43. The van der Waals surface area contributed by atoms with Crippen molar-refractivity contribution in [1.82, 2.24) is 10.2 Å². The van der Waals surface area contributed by atoms with Crippen LogP contribution in [0.1, 0.15) is 36.3 Å². The molecule has 0 bridgehead atoms. The van der Waals surface area contributed by atoms with Crippen LogP contribution in [0.2, 0.25) is 0 Å². The highest BCUT2D eigenvalue weighted by Crippen LogP contribution is 2.39. The van der Waals surface area contributed by atoms with Crippen molar-refractivity contribution in [2.24, 2.45) is 0 Å². The lowest BCUT2D eigenvalue weighted by Gasteiger charge is -2.29. The van der Waals surface area contributed by atoms with Crippen LogP contribution in [0.15, 0.2) is 0 Å². The molecule has 126 valence electrons. The lowest BCUT2D eigenvalue weighted by atomic mass is 9.93. The molecule has 0 saturated heterocycles. The van der Waals surface area contributed by atoms with Crippen molar-refractivity contribution >= 4 is 22.4 Å². The number of urea groups is 1. The average molecular weight is 336 g/mol. The summed E-state index contributed by atoms with van der Waals surface area (Å²) in [5.41, 5.74) is 1.31. The van der Waals surface area contributed by atoms with Crippen LogP contribution in [-0.2, 0) is 17.8 Å². The molecule has 6 nitrogen and oxygen atoms in total. The highest BCUT2D eigenvalue weighted by Gasteiger charge is 2.31. The van der Waals surface area contributed by atoms with E-state index in [-0.39, 0.29) is 11.6 Å². The van der Waals surface area contributed by atoms with E-state index < -0.39 is 0 Å². The third-order valence-corrected chi connectivity index (χ3v) is 4.81. The van der Waals surface area contributed by atoms with Gasteiger partial charge in [-0.15, -0.1) is 11.3 Å². The molecule has 1 aromatic rings. The number of thiophene rings is 1. The quantitative estimate of drug-likeness (QED) is 0.810. The number of fused-ring (bicyclic) bond motifs is 1. The Morgan fingerprint density at radius 1 is 1.48 bits per heavy atom. The number of amides is 2. The van der Waals surface area contributed by atoms with Gasteiger partial charge >= 0.3 is 6.03 Å².